The van der Waals surface area contributed by atoms with Crippen LogP contribution in [0.2, 0.25) is 10.0 Å². The van der Waals surface area contributed by atoms with Crippen LogP contribution in [-0.4, -0.2) is 39.3 Å². The number of aromatic nitrogens is 1. The zero-order chi connectivity index (χ0) is 14.5. The summed E-state index contributed by atoms with van der Waals surface area (Å²) in [5, 5.41) is 6.77. The van der Waals surface area contributed by atoms with Crippen LogP contribution in [0.3, 0.4) is 0 Å². The Morgan fingerprint density at radius 3 is 2.26 bits per heavy atom. The summed E-state index contributed by atoms with van der Waals surface area (Å²) in [5.41, 5.74) is 0. The Hall–Kier alpha value is -0.760. The van der Waals surface area contributed by atoms with Gasteiger partial charge in [-0.25, -0.2) is 18.1 Å². The summed E-state index contributed by atoms with van der Waals surface area (Å²) in [7, 11) is -3.19. The molecule has 0 saturated carbocycles. The summed E-state index contributed by atoms with van der Waals surface area (Å²) < 4.78 is 24.1. The predicted octanol–water partition coefficient (Wildman–Crippen LogP) is 1.78. The molecule has 0 aliphatic carbocycles. The lowest BCUT2D eigenvalue weighted by atomic mass is 10.4. The van der Waals surface area contributed by atoms with E-state index in [1.165, 1.54) is 0 Å². The lowest BCUT2D eigenvalue weighted by Crippen LogP contribution is -2.27. The molecule has 0 fully saturated rings. The number of nitrogens with one attached hydrogen (secondary N) is 3. The summed E-state index contributed by atoms with van der Waals surface area (Å²) in [6.07, 6.45) is 1.10. The number of anilines is 2. The zero-order valence-corrected chi connectivity index (χ0v) is 13.0. The number of hydrogen-bond acceptors (Lipinski definition) is 5. The van der Waals surface area contributed by atoms with Crippen LogP contribution in [0.1, 0.15) is 6.92 Å². The lowest BCUT2D eigenvalue weighted by molar-refractivity contribution is 0.589. The van der Waals surface area contributed by atoms with E-state index in [9.17, 15) is 8.42 Å². The summed E-state index contributed by atoms with van der Waals surface area (Å²) in [4.78, 5) is 4.23. The maximum absolute atomic E-state index is 10.9. The van der Waals surface area contributed by atoms with Gasteiger partial charge in [-0.1, -0.05) is 23.2 Å². The quantitative estimate of drug-likeness (QED) is 0.665. The van der Waals surface area contributed by atoms with Crippen molar-refractivity contribution in [3.8, 4) is 0 Å². The maximum Gasteiger partial charge on any atom is 0.208 e. The van der Waals surface area contributed by atoms with Crippen molar-refractivity contribution < 1.29 is 8.42 Å². The highest BCUT2D eigenvalue weighted by molar-refractivity contribution is 7.88. The van der Waals surface area contributed by atoms with E-state index in [2.05, 4.69) is 20.3 Å². The minimum Gasteiger partial charge on any atom is -0.369 e. The van der Waals surface area contributed by atoms with Crippen LogP contribution in [0.25, 0.3) is 0 Å². The van der Waals surface area contributed by atoms with Gasteiger partial charge in [-0.3, -0.25) is 0 Å². The van der Waals surface area contributed by atoms with Gasteiger partial charge >= 0.3 is 0 Å². The van der Waals surface area contributed by atoms with Crippen LogP contribution in [0, 0.1) is 0 Å². The van der Waals surface area contributed by atoms with Crippen molar-refractivity contribution in [2.75, 3.05) is 36.5 Å². The summed E-state index contributed by atoms with van der Waals surface area (Å²) >= 11 is 12.0. The van der Waals surface area contributed by atoms with Gasteiger partial charge in [0.1, 0.15) is 11.6 Å². The first-order chi connectivity index (χ1) is 8.83. The minimum atomic E-state index is -3.19. The van der Waals surface area contributed by atoms with Crippen LogP contribution >= 0.6 is 23.2 Å². The van der Waals surface area contributed by atoms with Crippen molar-refractivity contribution in [3.05, 3.63) is 16.1 Å². The SMILES string of the molecule is CCNc1nc(NCCNS(C)(=O)=O)c(Cl)cc1Cl. The van der Waals surface area contributed by atoms with Crippen LogP contribution in [0.15, 0.2) is 6.07 Å². The van der Waals surface area contributed by atoms with Gasteiger partial charge < -0.3 is 10.6 Å². The Labute approximate surface area is 122 Å². The molecule has 0 unspecified atom stereocenters. The number of halogens is 2. The van der Waals surface area contributed by atoms with E-state index < -0.39 is 10.0 Å². The second kappa shape index (κ2) is 7.14. The van der Waals surface area contributed by atoms with Gasteiger partial charge in [0.25, 0.3) is 0 Å². The topological polar surface area (TPSA) is 83.1 Å². The zero-order valence-electron chi connectivity index (χ0n) is 10.6. The second-order valence-corrected chi connectivity index (χ2v) is 6.42. The largest absolute Gasteiger partial charge is 0.369 e. The van der Waals surface area contributed by atoms with Gasteiger partial charge in [0.05, 0.1) is 16.3 Å². The molecule has 19 heavy (non-hydrogen) atoms. The molecule has 0 amide bonds. The summed E-state index contributed by atoms with van der Waals surface area (Å²) in [5.74, 6) is 0.990. The Kier molecular flexibility index (Phi) is 6.12. The van der Waals surface area contributed by atoms with Gasteiger partial charge in [-0.15, -0.1) is 0 Å². The van der Waals surface area contributed by atoms with Crippen LogP contribution < -0.4 is 15.4 Å². The first-order valence-electron chi connectivity index (χ1n) is 5.62. The molecule has 1 rings (SSSR count). The van der Waals surface area contributed by atoms with Crippen molar-refractivity contribution in [2.24, 2.45) is 0 Å². The molecular formula is C10H16Cl2N4O2S. The van der Waals surface area contributed by atoms with Crippen molar-refractivity contribution >= 4 is 44.9 Å². The molecule has 108 valence electrons. The van der Waals surface area contributed by atoms with Gasteiger partial charge in [0.2, 0.25) is 10.0 Å². The van der Waals surface area contributed by atoms with E-state index in [0.29, 0.717) is 34.8 Å². The highest BCUT2D eigenvalue weighted by Gasteiger charge is 2.08. The first kappa shape index (κ1) is 16.3. The smallest absolute Gasteiger partial charge is 0.208 e. The van der Waals surface area contributed by atoms with E-state index in [4.69, 9.17) is 23.2 Å². The van der Waals surface area contributed by atoms with Crippen molar-refractivity contribution in [1.29, 1.82) is 0 Å². The van der Waals surface area contributed by atoms with Crippen LogP contribution in [0.4, 0.5) is 11.6 Å². The standard InChI is InChI=1S/C10H16Cl2N4O2S/c1-3-13-9-7(11)6-8(12)10(16-9)14-4-5-15-19(2,17)18/h6,15H,3-5H2,1-2H3,(H2,13,14,16). The maximum atomic E-state index is 10.9. The van der Waals surface area contributed by atoms with E-state index in [-0.39, 0.29) is 6.54 Å². The summed E-state index contributed by atoms with van der Waals surface area (Å²) in [6.45, 7) is 3.22. The third kappa shape index (κ3) is 5.82. The van der Waals surface area contributed by atoms with Crippen LogP contribution in [0.5, 0.6) is 0 Å². The minimum absolute atomic E-state index is 0.246. The first-order valence-corrected chi connectivity index (χ1v) is 8.26. The van der Waals surface area contributed by atoms with E-state index >= 15 is 0 Å². The molecule has 9 heteroatoms. The molecule has 0 aliphatic rings. The number of pyridine rings is 1. The molecule has 0 aliphatic heterocycles. The molecule has 0 bridgehead atoms. The molecule has 3 N–H and O–H groups in total. The fraction of sp³-hybridized carbons (Fsp3) is 0.500. The lowest BCUT2D eigenvalue weighted by Gasteiger charge is -2.11. The highest BCUT2D eigenvalue weighted by Crippen LogP contribution is 2.28. The van der Waals surface area contributed by atoms with Gasteiger partial charge in [-0.2, -0.15) is 0 Å². The summed E-state index contributed by atoms with van der Waals surface area (Å²) in [6, 6.07) is 1.58. The normalized spacial score (nSPS) is 11.4. The molecule has 6 nitrogen and oxygen atoms in total. The van der Waals surface area contributed by atoms with E-state index in [0.717, 1.165) is 6.26 Å². The fourth-order valence-corrected chi connectivity index (χ4v) is 2.26. The monoisotopic (exact) mass is 326 g/mol. The Balaban J connectivity index is 2.65. The molecular weight excluding hydrogens is 311 g/mol. The van der Waals surface area contributed by atoms with Crippen LogP contribution in [-0.2, 0) is 10.0 Å². The van der Waals surface area contributed by atoms with Gasteiger partial charge in [0, 0.05) is 19.6 Å². The number of sulfonamides is 1. The van der Waals surface area contributed by atoms with Crippen molar-refractivity contribution in [2.45, 2.75) is 6.92 Å². The highest BCUT2D eigenvalue weighted by atomic mass is 35.5. The molecule has 0 aromatic carbocycles. The molecule has 0 radical (unpaired) electrons. The van der Waals surface area contributed by atoms with E-state index in [1.54, 1.807) is 6.07 Å². The number of rotatable bonds is 7. The molecule has 0 saturated heterocycles. The Morgan fingerprint density at radius 2 is 1.74 bits per heavy atom. The molecule has 0 atom stereocenters. The second-order valence-electron chi connectivity index (χ2n) is 3.77. The van der Waals surface area contributed by atoms with Gasteiger partial charge in [-0.05, 0) is 13.0 Å². The molecule has 1 heterocycles. The average Bonchev–Trinajstić information content (AvgIpc) is 2.28. The molecule has 0 spiro atoms. The molecule has 1 aromatic heterocycles. The number of hydrogen-bond donors (Lipinski definition) is 3. The molecule has 1 aromatic rings. The Morgan fingerprint density at radius 1 is 1.16 bits per heavy atom. The van der Waals surface area contributed by atoms with Crippen molar-refractivity contribution in [3.63, 3.8) is 0 Å². The van der Waals surface area contributed by atoms with E-state index in [1.807, 2.05) is 6.92 Å². The fourth-order valence-electron chi connectivity index (χ4n) is 1.30. The predicted molar refractivity (Wildman–Crippen MR) is 79.8 cm³/mol. The average molecular weight is 327 g/mol. The third-order valence-electron chi connectivity index (χ3n) is 2.06. The Bertz CT molecular complexity index is 537. The van der Waals surface area contributed by atoms with Gasteiger partial charge in [0.15, 0.2) is 0 Å². The van der Waals surface area contributed by atoms with Crippen molar-refractivity contribution in [1.82, 2.24) is 9.71 Å². The number of nitrogens with zero attached hydrogens (tertiary/aromatic N) is 1. The third-order valence-corrected chi connectivity index (χ3v) is 3.36.